The predicted octanol–water partition coefficient (Wildman–Crippen LogP) is 0.660. The molecule has 1 amide bonds. The Morgan fingerprint density at radius 2 is 1.88 bits per heavy atom. The molecule has 32 heavy (non-hydrogen) atoms. The fourth-order valence-electron chi connectivity index (χ4n) is 3.38. The minimum atomic E-state index is -5.08. The number of hydrogen-bond donors (Lipinski definition) is 4. The van der Waals surface area contributed by atoms with Crippen LogP contribution in [0.4, 0.5) is 24.9 Å². The quantitative estimate of drug-likeness (QED) is 0.498. The molecule has 0 bridgehead atoms. The number of aliphatic carboxylic acids is 1. The van der Waals surface area contributed by atoms with Gasteiger partial charge in [-0.25, -0.2) is 9.78 Å². The van der Waals surface area contributed by atoms with Gasteiger partial charge >= 0.3 is 12.1 Å². The Morgan fingerprint density at radius 3 is 2.44 bits per heavy atom. The molecule has 1 aromatic heterocycles. The number of nitrogens with two attached hydrogens (primary N) is 1. The average molecular weight is 461 g/mol. The zero-order valence-corrected chi connectivity index (χ0v) is 17.9. The van der Waals surface area contributed by atoms with Crippen LogP contribution in [-0.4, -0.2) is 89.9 Å². The lowest BCUT2D eigenvalue weighted by atomic mass is 9.92. The Bertz CT molecular complexity index is 752. The van der Waals surface area contributed by atoms with E-state index in [0.717, 1.165) is 57.7 Å². The number of nitrogens with one attached hydrogen (secondary N) is 2. The summed E-state index contributed by atoms with van der Waals surface area (Å²) in [6, 6.07) is 2.54. The third-order valence-electron chi connectivity index (χ3n) is 5.22. The lowest BCUT2D eigenvalue weighted by molar-refractivity contribution is -0.192. The maximum absolute atomic E-state index is 12.4. The second kappa shape index (κ2) is 11.8. The third kappa shape index (κ3) is 8.46. The maximum atomic E-state index is 12.4. The molecule has 1 aliphatic heterocycles. The number of carboxylic acid groups (broad SMARTS) is 1. The molecule has 3 rings (SSSR count). The molecule has 2 aliphatic rings. The highest BCUT2D eigenvalue weighted by molar-refractivity contribution is 5.81. The van der Waals surface area contributed by atoms with E-state index in [4.69, 9.17) is 15.6 Å². The summed E-state index contributed by atoms with van der Waals surface area (Å²) in [4.78, 5) is 34.0. The number of carbonyl (C=O) groups is 2. The number of aromatic nitrogens is 2. The number of rotatable bonds is 5. The minimum absolute atomic E-state index is 0.137. The van der Waals surface area contributed by atoms with Crippen molar-refractivity contribution in [1.82, 2.24) is 20.2 Å². The van der Waals surface area contributed by atoms with Crippen LogP contribution in [0.5, 0.6) is 0 Å². The Balaban J connectivity index is 0.000000451. The number of anilines is 2. The normalized spacial score (nSPS) is 21.2. The van der Waals surface area contributed by atoms with Crippen molar-refractivity contribution in [2.24, 2.45) is 5.73 Å². The predicted molar refractivity (Wildman–Crippen MR) is 112 cm³/mol. The molecule has 2 heterocycles. The Hall–Kier alpha value is -2.67. The van der Waals surface area contributed by atoms with E-state index < -0.39 is 12.1 Å². The highest BCUT2D eigenvalue weighted by Crippen LogP contribution is 2.20. The third-order valence-corrected chi connectivity index (χ3v) is 5.22. The van der Waals surface area contributed by atoms with Gasteiger partial charge in [-0.15, -0.1) is 0 Å². The molecule has 1 aliphatic carbocycles. The number of halogens is 3. The molecule has 13 heteroatoms. The monoisotopic (exact) mass is 461 g/mol. The molecule has 2 fully saturated rings. The van der Waals surface area contributed by atoms with E-state index in [1.54, 1.807) is 6.20 Å². The Morgan fingerprint density at radius 1 is 1.28 bits per heavy atom. The SMILES string of the molecule is CN(CC(=O)N1CCNCC1)c1ccnc(NC2CCC(N)CC2)n1.O=C(O)C(F)(F)F. The summed E-state index contributed by atoms with van der Waals surface area (Å²) in [5, 5.41) is 13.8. The van der Waals surface area contributed by atoms with Gasteiger partial charge in [-0.1, -0.05) is 0 Å². The van der Waals surface area contributed by atoms with Crippen LogP contribution < -0.4 is 21.3 Å². The van der Waals surface area contributed by atoms with Crippen LogP contribution in [0.25, 0.3) is 0 Å². The van der Waals surface area contributed by atoms with E-state index in [1.807, 2.05) is 22.9 Å². The average Bonchev–Trinajstić information content (AvgIpc) is 2.76. The van der Waals surface area contributed by atoms with Crippen molar-refractivity contribution in [3.05, 3.63) is 12.3 Å². The number of piperazine rings is 1. The summed E-state index contributed by atoms with van der Waals surface area (Å²) >= 11 is 0. The smallest absolute Gasteiger partial charge is 0.475 e. The van der Waals surface area contributed by atoms with Crippen LogP contribution >= 0.6 is 0 Å². The molecule has 0 radical (unpaired) electrons. The summed E-state index contributed by atoms with van der Waals surface area (Å²) in [7, 11) is 1.89. The first-order chi connectivity index (χ1) is 15.1. The van der Waals surface area contributed by atoms with Gasteiger partial charge in [-0.3, -0.25) is 4.79 Å². The molecule has 1 saturated heterocycles. The fourth-order valence-corrected chi connectivity index (χ4v) is 3.38. The molecule has 5 N–H and O–H groups in total. The van der Waals surface area contributed by atoms with E-state index >= 15 is 0 Å². The topological polar surface area (TPSA) is 137 Å². The Labute approximate surface area is 184 Å². The zero-order chi connectivity index (χ0) is 23.7. The van der Waals surface area contributed by atoms with Crippen molar-refractivity contribution >= 4 is 23.6 Å². The van der Waals surface area contributed by atoms with E-state index in [0.29, 0.717) is 24.6 Å². The highest BCUT2D eigenvalue weighted by atomic mass is 19.4. The van der Waals surface area contributed by atoms with Gasteiger partial charge in [0.1, 0.15) is 5.82 Å². The first-order valence-electron chi connectivity index (χ1n) is 10.4. The maximum Gasteiger partial charge on any atom is 0.490 e. The number of nitrogens with zero attached hydrogens (tertiary/aromatic N) is 4. The van der Waals surface area contributed by atoms with Gasteiger partial charge in [0.05, 0.1) is 6.54 Å². The summed E-state index contributed by atoms with van der Waals surface area (Å²) in [6.45, 7) is 3.60. The molecule has 0 atom stereocenters. The molecule has 0 unspecified atom stereocenters. The summed E-state index contributed by atoms with van der Waals surface area (Å²) in [6.07, 6.45) is 0.829. The van der Waals surface area contributed by atoms with E-state index in [9.17, 15) is 18.0 Å². The Kier molecular flexibility index (Phi) is 9.44. The fraction of sp³-hybridized carbons (Fsp3) is 0.684. The van der Waals surface area contributed by atoms with Crippen molar-refractivity contribution in [3.63, 3.8) is 0 Å². The van der Waals surface area contributed by atoms with Gasteiger partial charge in [0, 0.05) is 51.5 Å². The molecule has 1 aromatic rings. The molecule has 0 aromatic carbocycles. The summed E-state index contributed by atoms with van der Waals surface area (Å²) in [5.74, 6) is -1.24. The van der Waals surface area contributed by atoms with Crippen LogP contribution in [0.1, 0.15) is 25.7 Å². The van der Waals surface area contributed by atoms with Gasteiger partial charge in [0.15, 0.2) is 0 Å². The molecular formula is C19H30F3N7O3. The number of alkyl halides is 3. The first kappa shape index (κ1) is 25.6. The number of likely N-dealkylation sites (N-methyl/N-ethyl adjacent to an activating group) is 1. The number of carbonyl (C=O) groups excluding carboxylic acids is 1. The minimum Gasteiger partial charge on any atom is -0.475 e. The van der Waals surface area contributed by atoms with Gasteiger partial charge in [-0.2, -0.15) is 18.2 Å². The van der Waals surface area contributed by atoms with E-state index in [2.05, 4.69) is 20.6 Å². The van der Waals surface area contributed by atoms with E-state index in [-0.39, 0.29) is 5.91 Å². The van der Waals surface area contributed by atoms with Gasteiger partial charge in [-0.05, 0) is 31.7 Å². The van der Waals surface area contributed by atoms with Crippen LogP contribution in [0.15, 0.2) is 12.3 Å². The van der Waals surface area contributed by atoms with Crippen LogP contribution in [0.2, 0.25) is 0 Å². The van der Waals surface area contributed by atoms with Crippen LogP contribution in [0, 0.1) is 0 Å². The van der Waals surface area contributed by atoms with Crippen LogP contribution in [-0.2, 0) is 9.59 Å². The second-order valence-corrected chi connectivity index (χ2v) is 7.78. The molecular weight excluding hydrogens is 431 g/mol. The second-order valence-electron chi connectivity index (χ2n) is 7.78. The summed E-state index contributed by atoms with van der Waals surface area (Å²) in [5.41, 5.74) is 5.96. The van der Waals surface area contributed by atoms with Crippen LogP contribution in [0.3, 0.4) is 0 Å². The lowest BCUT2D eigenvalue weighted by Crippen LogP contribution is -2.49. The summed E-state index contributed by atoms with van der Waals surface area (Å²) < 4.78 is 31.7. The lowest BCUT2D eigenvalue weighted by Gasteiger charge is -2.29. The van der Waals surface area contributed by atoms with E-state index in [1.165, 1.54) is 0 Å². The molecule has 10 nitrogen and oxygen atoms in total. The van der Waals surface area contributed by atoms with Gasteiger partial charge in [0.25, 0.3) is 0 Å². The molecule has 1 saturated carbocycles. The molecule has 0 spiro atoms. The largest absolute Gasteiger partial charge is 0.490 e. The van der Waals surface area contributed by atoms with Crippen molar-refractivity contribution in [3.8, 4) is 0 Å². The van der Waals surface area contributed by atoms with Crippen molar-refractivity contribution in [2.75, 3.05) is 50.0 Å². The standard InChI is InChI=1S/C17H29N7O.C2HF3O2/c1-23(12-16(25)24-10-8-19-9-11-24)15-6-7-20-17(22-15)21-14-4-2-13(18)3-5-14;3-2(4,5)1(6)7/h6-7,13-14,19H,2-5,8-12,18H2,1H3,(H,20,21,22);(H,6,7). The van der Waals surface area contributed by atoms with Crippen molar-refractivity contribution in [2.45, 2.75) is 43.9 Å². The molecule has 180 valence electrons. The number of carboxylic acids is 1. The number of amides is 1. The highest BCUT2D eigenvalue weighted by Gasteiger charge is 2.38. The van der Waals surface area contributed by atoms with Gasteiger partial charge in [0.2, 0.25) is 11.9 Å². The van der Waals surface area contributed by atoms with Crippen molar-refractivity contribution < 1.29 is 27.9 Å². The number of hydrogen-bond acceptors (Lipinski definition) is 8. The zero-order valence-electron chi connectivity index (χ0n) is 17.9. The van der Waals surface area contributed by atoms with Crippen molar-refractivity contribution in [1.29, 1.82) is 0 Å². The first-order valence-corrected chi connectivity index (χ1v) is 10.4. The van der Waals surface area contributed by atoms with Gasteiger partial charge < -0.3 is 31.3 Å².